The molecule has 1 aliphatic heterocycles. The van der Waals surface area contributed by atoms with Crippen LogP contribution in [0.2, 0.25) is 0 Å². The SMILES string of the molecule is CCOC(=O)C1CCCN(Cc2cccn2-c2ccccc2F)C1. The van der Waals surface area contributed by atoms with Gasteiger partial charge in [-0.25, -0.2) is 4.39 Å². The molecule has 4 nitrogen and oxygen atoms in total. The maximum absolute atomic E-state index is 14.1. The van der Waals surface area contributed by atoms with Gasteiger partial charge in [0, 0.05) is 25.0 Å². The molecule has 0 spiro atoms. The van der Waals surface area contributed by atoms with E-state index in [4.69, 9.17) is 4.74 Å². The van der Waals surface area contributed by atoms with Crippen molar-refractivity contribution in [1.29, 1.82) is 0 Å². The minimum absolute atomic E-state index is 0.0597. The lowest BCUT2D eigenvalue weighted by Crippen LogP contribution is -2.39. The summed E-state index contributed by atoms with van der Waals surface area (Å²) in [6.07, 6.45) is 3.73. The minimum atomic E-state index is -0.238. The number of carbonyl (C=O) groups excluding carboxylic acids is 1. The van der Waals surface area contributed by atoms with Crippen LogP contribution in [-0.4, -0.2) is 35.1 Å². The Morgan fingerprint density at radius 1 is 1.29 bits per heavy atom. The largest absolute Gasteiger partial charge is 0.466 e. The molecule has 128 valence electrons. The fraction of sp³-hybridized carbons (Fsp3) is 0.421. The van der Waals surface area contributed by atoms with Crippen molar-refractivity contribution in [2.24, 2.45) is 5.92 Å². The number of hydrogen-bond acceptors (Lipinski definition) is 3. The van der Waals surface area contributed by atoms with E-state index in [0.717, 1.165) is 25.1 Å². The van der Waals surface area contributed by atoms with E-state index >= 15 is 0 Å². The van der Waals surface area contributed by atoms with E-state index in [9.17, 15) is 9.18 Å². The van der Waals surface area contributed by atoms with Gasteiger partial charge in [0.05, 0.1) is 18.2 Å². The maximum atomic E-state index is 14.1. The Labute approximate surface area is 141 Å². The molecule has 0 N–H and O–H groups in total. The maximum Gasteiger partial charge on any atom is 0.310 e. The van der Waals surface area contributed by atoms with Gasteiger partial charge >= 0.3 is 5.97 Å². The number of nitrogens with zero attached hydrogens (tertiary/aromatic N) is 2. The summed E-state index contributed by atoms with van der Waals surface area (Å²) in [6, 6.07) is 10.7. The zero-order valence-electron chi connectivity index (χ0n) is 14.0. The average molecular weight is 330 g/mol. The molecule has 5 heteroatoms. The topological polar surface area (TPSA) is 34.5 Å². The summed E-state index contributed by atoms with van der Waals surface area (Å²) >= 11 is 0. The highest BCUT2D eigenvalue weighted by Gasteiger charge is 2.27. The molecule has 1 atom stereocenters. The van der Waals surface area contributed by atoms with Crippen LogP contribution in [0.5, 0.6) is 0 Å². The molecule has 1 saturated heterocycles. The first-order chi connectivity index (χ1) is 11.7. The standard InChI is InChI=1S/C19H23FN2O2/c1-2-24-19(23)15-7-5-11-21(13-15)14-16-8-6-12-22(16)18-10-4-3-9-17(18)20/h3-4,6,8-10,12,15H,2,5,7,11,13-14H2,1H3. The number of aromatic nitrogens is 1. The highest BCUT2D eigenvalue weighted by molar-refractivity contribution is 5.72. The molecular weight excluding hydrogens is 307 g/mol. The predicted molar refractivity (Wildman–Crippen MR) is 90.4 cm³/mol. The second-order valence-corrected chi connectivity index (χ2v) is 6.15. The second-order valence-electron chi connectivity index (χ2n) is 6.15. The Balaban J connectivity index is 1.72. The average Bonchev–Trinajstić information content (AvgIpc) is 3.04. The van der Waals surface area contributed by atoms with Crippen LogP contribution in [-0.2, 0) is 16.1 Å². The van der Waals surface area contributed by atoms with Crippen molar-refractivity contribution in [3.63, 3.8) is 0 Å². The van der Waals surface area contributed by atoms with Crippen molar-refractivity contribution in [3.05, 3.63) is 54.1 Å². The first-order valence-corrected chi connectivity index (χ1v) is 8.49. The van der Waals surface area contributed by atoms with Gasteiger partial charge in [-0.1, -0.05) is 12.1 Å². The lowest BCUT2D eigenvalue weighted by molar-refractivity contribution is -0.150. The Morgan fingerprint density at radius 3 is 2.92 bits per heavy atom. The summed E-state index contributed by atoms with van der Waals surface area (Å²) in [4.78, 5) is 14.2. The van der Waals surface area contributed by atoms with Crippen molar-refractivity contribution in [2.45, 2.75) is 26.3 Å². The van der Waals surface area contributed by atoms with Crippen LogP contribution in [0.4, 0.5) is 4.39 Å². The van der Waals surface area contributed by atoms with Crippen molar-refractivity contribution in [2.75, 3.05) is 19.7 Å². The summed E-state index contributed by atoms with van der Waals surface area (Å²) < 4.78 is 21.1. The van der Waals surface area contributed by atoms with E-state index in [1.807, 2.05) is 35.9 Å². The Hall–Kier alpha value is -2.14. The molecule has 0 saturated carbocycles. The molecule has 0 amide bonds. The van der Waals surface area contributed by atoms with Gasteiger partial charge in [0.2, 0.25) is 0 Å². The minimum Gasteiger partial charge on any atom is -0.466 e. The zero-order valence-corrected chi connectivity index (χ0v) is 14.0. The smallest absolute Gasteiger partial charge is 0.310 e. The van der Waals surface area contributed by atoms with E-state index in [1.165, 1.54) is 6.07 Å². The van der Waals surface area contributed by atoms with Gasteiger partial charge in [0.15, 0.2) is 0 Å². The number of benzene rings is 1. The zero-order chi connectivity index (χ0) is 16.9. The highest BCUT2D eigenvalue weighted by Crippen LogP contribution is 2.22. The van der Waals surface area contributed by atoms with Gasteiger partial charge < -0.3 is 9.30 Å². The summed E-state index contributed by atoms with van der Waals surface area (Å²) in [5.41, 5.74) is 1.57. The molecule has 0 radical (unpaired) electrons. The molecule has 0 aliphatic carbocycles. The molecule has 2 aromatic rings. The normalized spacial score (nSPS) is 18.5. The van der Waals surface area contributed by atoms with E-state index < -0.39 is 0 Å². The van der Waals surface area contributed by atoms with Gasteiger partial charge in [0.1, 0.15) is 5.82 Å². The highest BCUT2D eigenvalue weighted by atomic mass is 19.1. The molecule has 1 aromatic carbocycles. The molecule has 2 heterocycles. The van der Waals surface area contributed by atoms with E-state index in [0.29, 0.717) is 25.4 Å². The first-order valence-electron chi connectivity index (χ1n) is 8.49. The van der Waals surface area contributed by atoms with Crippen LogP contribution in [0.1, 0.15) is 25.5 Å². The van der Waals surface area contributed by atoms with Crippen molar-refractivity contribution in [3.8, 4) is 5.69 Å². The third kappa shape index (κ3) is 3.67. The lowest BCUT2D eigenvalue weighted by atomic mass is 9.98. The summed E-state index contributed by atoms with van der Waals surface area (Å²) in [5, 5.41) is 0. The molecule has 1 fully saturated rings. The lowest BCUT2D eigenvalue weighted by Gasteiger charge is -2.31. The summed E-state index contributed by atoms with van der Waals surface area (Å²) in [5.74, 6) is -0.403. The molecule has 0 bridgehead atoms. The van der Waals surface area contributed by atoms with Gasteiger partial charge in [-0.15, -0.1) is 0 Å². The summed E-state index contributed by atoms with van der Waals surface area (Å²) in [6.45, 7) is 4.59. The molecule has 1 unspecified atom stereocenters. The van der Waals surface area contributed by atoms with Gasteiger partial charge in [-0.05, 0) is 50.6 Å². The Morgan fingerprint density at radius 2 is 2.12 bits per heavy atom. The second kappa shape index (κ2) is 7.62. The molecule has 1 aromatic heterocycles. The van der Waals surface area contributed by atoms with Crippen LogP contribution in [0.15, 0.2) is 42.6 Å². The molecule has 24 heavy (non-hydrogen) atoms. The van der Waals surface area contributed by atoms with Gasteiger partial charge in [0.25, 0.3) is 0 Å². The fourth-order valence-electron chi connectivity index (χ4n) is 3.31. The number of rotatable bonds is 5. The van der Waals surface area contributed by atoms with Crippen molar-refractivity contribution >= 4 is 5.97 Å². The molecular formula is C19H23FN2O2. The monoisotopic (exact) mass is 330 g/mol. The van der Waals surface area contributed by atoms with Crippen molar-refractivity contribution < 1.29 is 13.9 Å². The van der Waals surface area contributed by atoms with Crippen LogP contribution >= 0.6 is 0 Å². The number of esters is 1. The Bertz CT molecular complexity index is 698. The third-order valence-corrected chi connectivity index (χ3v) is 4.46. The first kappa shape index (κ1) is 16.7. The van der Waals surface area contributed by atoms with Gasteiger partial charge in [-0.2, -0.15) is 0 Å². The summed E-state index contributed by atoms with van der Waals surface area (Å²) in [7, 11) is 0. The number of piperidine rings is 1. The number of hydrogen-bond donors (Lipinski definition) is 0. The van der Waals surface area contributed by atoms with Crippen LogP contribution in [0, 0.1) is 11.7 Å². The van der Waals surface area contributed by atoms with E-state index in [-0.39, 0.29) is 17.7 Å². The van der Waals surface area contributed by atoms with Gasteiger partial charge in [-0.3, -0.25) is 9.69 Å². The Kier molecular flexibility index (Phi) is 5.30. The number of carbonyl (C=O) groups is 1. The fourth-order valence-corrected chi connectivity index (χ4v) is 3.31. The van der Waals surface area contributed by atoms with Crippen LogP contribution < -0.4 is 0 Å². The third-order valence-electron chi connectivity index (χ3n) is 4.46. The quantitative estimate of drug-likeness (QED) is 0.788. The van der Waals surface area contributed by atoms with Crippen LogP contribution in [0.25, 0.3) is 5.69 Å². The van der Waals surface area contributed by atoms with Crippen LogP contribution in [0.3, 0.4) is 0 Å². The number of halogens is 1. The van der Waals surface area contributed by atoms with E-state index in [1.54, 1.807) is 12.1 Å². The number of ether oxygens (including phenoxy) is 1. The number of likely N-dealkylation sites (tertiary alicyclic amines) is 1. The molecule has 1 aliphatic rings. The van der Waals surface area contributed by atoms with Crippen molar-refractivity contribution in [1.82, 2.24) is 9.47 Å². The predicted octanol–water partition coefficient (Wildman–Crippen LogP) is 3.39. The van der Waals surface area contributed by atoms with E-state index in [2.05, 4.69) is 4.90 Å². The molecule has 3 rings (SSSR count). The number of para-hydroxylation sites is 1.